The van der Waals surface area contributed by atoms with Gasteiger partial charge in [0.2, 0.25) is 0 Å². The highest BCUT2D eigenvalue weighted by Crippen LogP contribution is 2.21. The lowest BCUT2D eigenvalue weighted by Crippen LogP contribution is -2.34. The maximum Gasteiger partial charge on any atom is 0.159 e. The Morgan fingerprint density at radius 1 is 1.24 bits per heavy atom. The second-order valence-electron chi connectivity index (χ2n) is 4.05. The van der Waals surface area contributed by atoms with Gasteiger partial charge in [-0.3, -0.25) is 4.90 Å². The van der Waals surface area contributed by atoms with Gasteiger partial charge in [0.05, 0.1) is 0 Å². The van der Waals surface area contributed by atoms with Crippen LogP contribution in [0.2, 0.25) is 0 Å². The molecule has 4 heteroatoms. The Morgan fingerprint density at radius 3 is 2.41 bits per heavy atom. The summed E-state index contributed by atoms with van der Waals surface area (Å²) < 4.78 is 26.1. The molecule has 0 saturated carbocycles. The summed E-state index contributed by atoms with van der Waals surface area (Å²) in [4.78, 5) is 2.17. The number of nitrogens with two attached hydrogens (primary N) is 1. The molecule has 1 atom stereocenters. The van der Waals surface area contributed by atoms with Crippen LogP contribution in [0.3, 0.4) is 0 Å². The Kier molecular flexibility index (Phi) is 5.51. The van der Waals surface area contributed by atoms with Crippen molar-refractivity contribution in [1.29, 1.82) is 0 Å². The monoisotopic (exact) mass is 242 g/mol. The maximum atomic E-state index is 13.2. The zero-order valence-corrected chi connectivity index (χ0v) is 10.4. The third-order valence-corrected chi connectivity index (χ3v) is 2.91. The molecule has 0 aromatic heterocycles. The molecule has 0 bridgehead atoms. The molecule has 0 aliphatic rings. The normalized spacial score (nSPS) is 13.1. The number of hydrogen-bond donors (Lipinski definition) is 1. The highest BCUT2D eigenvalue weighted by molar-refractivity contribution is 5.21. The van der Waals surface area contributed by atoms with Gasteiger partial charge in [0.25, 0.3) is 0 Å². The summed E-state index contributed by atoms with van der Waals surface area (Å²) in [7, 11) is 0. The van der Waals surface area contributed by atoms with Gasteiger partial charge >= 0.3 is 0 Å². The second-order valence-corrected chi connectivity index (χ2v) is 4.05. The summed E-state index contributed by atoms with van der Waals surface area (Å²) in [6.07, 6.45) is 1.01. The molecule has 0 heterocycles. The molecule has 96 valence electrons. The van der Waals surface area contributed by atoms with Crippen molar-refractivity contribution in [2.45, 2.75) is 26.3 Å². The lowest BCUT2D eigenvalue weighted by molar-refractivity contribution is 0.212. The summed E-state index contributed by atoms with van der Waals surface area (Å²) in [6, 6.07) is 3.96. The van der Waals surface area contributed by atoms with Crippen molar-refractivity contribution in [3.63, 3.8) is 0 Å². The van der Waals surface area contributed by atoms with Crippen molar-refractivity contribution in [2.75, 3.05) is 19.6 Å². The number of benzene rings is 1. The van der Waals surface area contributed by atoms with Gasteiger partial charge in [0, 0.05) is 12.6 Å². The van der Waals surface area contributed by atoms with E-state index in [1.807, 2.05) is 6.92 Å². The SMILES string of the molecule is CCCN(CC)C(CN)c1ccc(F)c(F)c1. The van der Waals surface area contributed by atoms with Crippen LogP contribution in [0.1, 0.15) is 31.9 Å². The van der Waals surface area contributed by atoms with E-state index >= 15 is 0 Å². The minimum Gasteiger partial charge on any atom is -0.329 e. The zero-order valence-electron chi connectivity index (χ0n) is 10.4. The van der Waals surface area contributed by atoms with Crippen molar-refractivity contribution in [2.24, 2.45) is 5.73 Å². The van der Waals surface area contributed by atoms with Crippen LogP contribution < -0.4 is 5.73 Å². The topological polar surface area (TPSA) is 29.3 Å². The fourth-order valence-electron chi connectivity index (χ4n) is 2.04. The van der Waals surface area contributed by atoms with Crippen molar-refractivity contribution in [3.8, 4) is 0 Å². The minimum atomic E-state index is -0.817. The van der Waals surface area contributed by atoms with Crippen LogP contribution in [0.25, 0.3) is 0 Å². The summed E-state index contributed by atoms with van der Waals surface area (Å²) in [6.45, 7) is 6.27. The van der Waals surface area contributed by atoms with Crippen molar-refractivity contribution >= 4 is 0 Å². The third kappa shape index (κ3) is 3.48. The first kappa shape index (κ1) is 14.1. The van der Waals surface area contributed by atoms with E-state index < -0.39 is 11.6 Å². The van der Waals surface area contributed by atoms with Crippen LogP contribution in [-0.4, -0.2) is 24.5 Å². The quantitative estimate of drug-likeness (QED) is 0.831. The third-order valence-electron chi connectivity index (χ3n) is 2.91. The first-order chi connectivity index (χ1) is 8.13. The number of nitrogens with zero attached hydrogens (tertiary/aromatic N) is 1. The minimum absolute atomic E-state index is 0.0463. The molecular formula is C13H20F2N2. The van der Waals surface area contributed by atoms with Crippen molar-refractivity contribution in [1.82, 2.24) is 4.90 Å². The predicted octanol–water partition coefficient (Wildman–Crippen LogP) is 2.70. The fraction of sp³-hybridized carbons (Fsp3) is 0.538. The van der Waals surface area contributed by atoms with Crippen LogP contribution in [0.5, 0.6) is 0 Å². The Morgan fingerprint density at radius 2 is 1.94 bits per heavy atom. The molecule has 1 aromatic rings. The molecule has 0 radical (unpaired) electrons. The van der Waals surface area contributed by atoms with Gasteiger partial charge < -0.3 is 5.73 Å². The molecule has 2 N–H and O–H groups in total. The van der Waals surface area contributed by atoms with Crippen LogP contribution in [-0.2, 0) is 0 Å². The van der Waals surface area contributed by atoms with E-state index in [9.17, 15) is 8.78 Å². The van der Waals surface area contributed by atoms with E-state index in [0.717, 1.165) is 31.1 Å². The van der Waals surface area contributed by atoms with Crippen LogP contribution in [0, 0.1) is 11.6 Å². The molecule has 1 unspecified atom stereocenters. The van der Waals surface area contributed by atoms with Crippen molar-refractivity contribution in [3.05, 3.63) is 35.4 Å². The summed E-state index contributed by atoms with van der Waals surface area (Å²) in [5, 5.41) is 0. The lowest BCUT2D eigenvalue weighted by Gasteiger charge is -2.29. The highest BCUT2D eigenvalue weighted by atomic mass is 19.2. The number of likely N-dealkylation sites (N-methyl/N-ethyl adjacent to an activating group) is 1. The molecule has 0 saturated heterocycles. The van der Waals surface area contributed by atoms with Crippen LogP contribution in [0.4, 0.5) is 8.78 Å². The Labute approximate surface area is 101 Å². The standard InChI is InChI=1S/C13H20F2N2/c1-3-7-17(4-2)13(9-16)10-5-6-11(14)12(15)8-10/h5-6,8,13H,3-4,7,9,16H2,1-2H3. The smallest absolute Gasteiger partial charge is 0.159 e. The number of hydrogen-bond acceptors (Lipinski definition) is 2. The first-order valence-electron chi connectivity index (χ1n) is 6.03. The highest BCUT2D eigenvalue weighted by Gasteiger charge is 2.18. The molecule has 17 heavy (non-hydrogen) atoms. The van der Waals surface area contributed by atoms with Gasteiger partial charge in [0.15, 0.2) is 11.6 Å². The van der Waals surface area contributed by atoms with Gasteiger partial charge in [-0.15, -0.1) is 0 Å². The van der Waals surface area contributed by atoms with E-state index in [1.165, 1.54) is 6.07 Å². The molecule has 2 nitrogen and oxygen atoms in total. The lowest BCUT2D eigenvalue weighted by atomic mass is 10.0. The van der Waals surface area contributed by atoms with Gasteiger partial charge in [-0.05, 0) is 37.2 Å². The molecular weight excluding hydrogens is 222 g/mol. The molecule has 0 fully saturated rings. The number of rotatable bonds is 6. The maximum absolute atomic E-state index is 13.2. The largest absolute Gasteiger partial charge is 0.329 e. The Balaban J connectivity index is 2.95. The average molecular weight is 242 g/mol. The molecule has 1 aromatic carbocycles. The fourth-order valence-corrected chi connectivity index (χ4v) is 2.04. The molecule has 0 spiro atoms. The average Bonchev–Trinajstić information content (AvgIpc) is 2.33. The first-order valence-corrected chi connectivity index (χ1v) is 6.03. The Bertz CT molecular complexity index is 355. The van der Waals surface area contributed by atoms with Crippen LogP contribution >= 0.6 is 0 Å². The Hall–Kier alpha value is -1.00. The van der Waals surface area contributed by atoms with Crippen molar-refractivity contribution < 1.29 is 8.78 Å². The molecule has 0 aliphatic heterocycles. The van der Waals surface area contributed by atoms with E-state index in [-0.39, 0.29) is 6.04 Å². The van der Waals surface area contributed by atoms with Gasteiger partial charge in [-0.1, -0.05) is 19.9 Å². The summed E-state index contributed by atoms with van der Waals surface area (Å²) >= 11 is 0. The van der Waals surface area contributed by atoms with E-state index in [4.69, 9.17) is 5.73 Å². The van der Waals surface area contributed by atoms with Crippen LogP contribution in [0.15, 0.2) is 18.2 Å². The van der Waals surface area contributed by atoms with Gasteiger partial charge in [-0.25, -0.2) is 8.78 Å². The van der Waals surface area contributed by atoms with Gasteiger partial charge in [-0.2, -0.15) is 0 Å². The summed E-state index contributed by atoms with van der Waals surface area (Å²) in [5.41, 5.74) is 6.48. The van der Waals surface area contributed by atoms with E-state index in [0.29, 0.717) is 6.54 Å². The summed E-state index contributed by atoms with van der Waals surface area (Å²) in [5.74, 6) is -1.63. The zero-order chi connectivity index (χ0) is 12.8. The molecule has 0 amide bonds. The van der Waals surface area contributed by atoms with E-state index in [2.05, 4.69) is 11.8 Å². The van der Waals surface area contributed by atoms with E-state index in [1.54, 1.807) is 6.07 Å². The number of halogens is 2. The second kappa shape index (κ2) is 6.67. The predicted molar refractivity (Wildman–Crippen MR) is 65.7 cm³/mol. The molecule has 1 rings (SSSR count). The molecule has 0 aliphatic carbocycles. The van der Waals surface area contributed by atoms with Gasteiger partial charge in [0.1, 0.15) is 0 Å².